The zero-order valence-electron chi connectivity index (χ0n) is 15.2. The summed E-state index contributed by atoms with van der Waals surface area (Å²) >= 11 is 0. The molecule has 4 nitrogen and oxygen atoms in total. The fourth-order valence-corrected chi connectivity index (χ4v) is 4.13. The SMILES string of the molecule is COc1ccc(-c2ccc3c(c2)N2CCNCCC2C3)c(C=CCO)c1. The van der Waals surface area contributed by atoms with Crippen molar-refractivity contribution in [1.82, 2.24) is 5.32 Å². The van der Waals surface area contributed by atoms with E-state index in [0.29, 0.717) is 6.04 Å². The molecule has 2 heterocycles. The summed E-state index contributed by atoms with van der Waals surface area (Å²) in [6.07, 6.45) is 6.08. The smallest absolute Gasteiger partial charge is 0.119 e. The van der Waals surface area contributed by atoms with Gasteiger partial charge in [0.1, 0.15) is 5.75 Å². The monoisotopic (exact) mass is 350 g/mol. The van der Waals surface area contributed by atoms with Crippen LogP contribution < -0.4 is 15.0 Å². The molecule has 0 saturated carbocycles. The minimum absolute atomic E-state index is 0.0310. The van der Waals surface area contributed by atoms with Gasteiger partial charge in [-0.1, -0.05) is 30.4 Å². The molecule has 2 aromatic carbocycles. The van der Waals surface area contributed by atoms with Crippen LogP contribution in [0, 0.1) is 0 Å². The standard InChI is InChI=1S/C22H26N2O2/c1-26-20-6-7-21(16(14-20)3-2-12-25)17-4-5-18-13-19-8-9-23-10-11-24(19)22(18)15-17/h2-7,14-15,19,23,25H,8-13H2,1H3. The highest BCUT2D eigenvalue weighted by Crippen LogP contribution is 2.38. The number of anilines is 1. The van der Waals surface area contributed by atoms with Gasteiger partial charge in [0.25, 0.3) is 0 Å². The van der Waals surface area contributed by atoms with Crippen molar-refractivity contribution in [3.63, 3.8) is 0 Å². The van der Waals surface area contributed by atoms with Crippen LogP contribution in [0.25, 0.3) is 17.2 Å². The largest absolute Gasteiger partial charge is 0.497 e. The Balaban J connectivity index is 1.74. The first-order chi connectivity index (χ1) is 12.8. The average molecular weight is 350 g/mol. The van der Waals surface area contributed by atoms with Crippen LogP contribution in [-0.2, 0) is 6.42 Å². The lowest BCUT2D eigenvalue weighted by Gasteiger charge is -2.25. The van der Waals surface area contributed by atoms with Crippen molar-refractivity contribution >= 4 is 11.8 Å². The summed E-state index contributed by atoms with van der Waals surface area (Å²) in [5.41, 5.74) is 6.27. The summed E-state index contributed by atoms with van der Waals surface area (Å²) in [6, 6.07) is 13.6. The maximum absolute atomic E-state index is 9.17. The highest BCUT2D eigenvalue weighted by molar-refractivity contribution is 5.80. The van der Waals surface area contributed by atoms with Crippen LogP contribution in [0.3, 0.4) is 0 Å². The molecule has 4 rings (SSSR count). The summed E-state index contributed by atoms with van der Waals surface area (Å²) in [5, 5.41) is 12.7. The fourth-order valence-electron chi connectivity index (χ4n) is 4.13. The number of aliphatic hydroxyl groups excluding tert-OH is 1. The van der Waals surface area contributed by atoms with E-state index in [2.05, 4.69) is 34.5 Å². The number of nitrogens with one attached hydrogen (secondary N) is 1. The van der Waals surface area contributed by atoms with Crippen molar-refractivity contribution in [2.24, 2.45) is 0 Å². The van der Waals surface area contributed by atoms with Gasteiger partial charge < -0.3 is 20.1 Å². The van der Waals surface area contributed by atoms with Gasteiger partial charge in [-0.3, -0.25) is 0 Å². The van der Waals surface area contributed by atoms with Crippen LogP contribution in [0.2, 0.25) is 0 Å². The molecule has 2 aliphatic heterocycles. The number of ether oxygens (including phenoxy) is 1. The molecule has 0 bridgehead atoms. The van der Waals surface area contributed by atoms with Gasteiger partial charge in [0.15, 0.2) is 0 Å². The topological polar surface area (TPSA) is 44.7 Å². The van der Waals surface area contributed by atoms with E-state index in [1.807, 2.05) is 18.2 Å². The van der Waals surface area contributed by atoms with Gasteiger partial charge in [-0.2, -0.15) is 0 Å². The van der Waals surface area contributed by atoms with Gasteiger partial charge >= 0.3 is 0 Å². The summed E-state index contributed by atoms with van der Waals surface area (Å²) in [6.45, 7) is 3.26. The van der Waals surface area contributed by atoms with E-state index < -0.39 is 0 Å². The predicted octanol–water partition coefficient (Wildman–Crippen LogP) is 3.09. The Kier molecular flexibility index (Phi) is 4.96. The van der Waals surface area contributed by atoms with Crippen LogP contribution in [0.5, 0.6) is 5.75 Å². The van der Waals surface area contributed by atoms with E-state index in [0.717, 1.165) is 42.9 Å². The number of fused-ring (bicyclic) bond motifs is 3. The lowest BCUT2D eigenvalue weighted by molar-refractivity contribution is 0.343. The van der Waals surface area contributed by atoms with E-state index in [1.54, 1.807) is 13.2 Å². The Labute approximate surface area is 155 Å². The first-order valence-electron chi connectivity index (χ1n) is 9.36. The lowest BCUT2D eigenvalue weighted by Crippen LogP contribution is -2.32. The van der Waals surface area contributed by atoms with Crippen LogP contribution in [0.1, 0.15) is 17.5 Å². The molecule has 2 aliphatic rings. The second-order valence-corrected chi connectivity index (χ2v) is 6.97. The van der Waals surface area contributed by atoms with Gasteiger partial charge in [-0.05, 0) is 59.8 Å². The molecule has 1 fully saturated rings. The summed E-state index contributed by atoms with van der Waals surface area (Å²) in [5.74, 6) is 0.825. The number of benzene rings is 2. The number of hydrogen-bond acceptors (Lipinski definition) is 4. The van der Waals surface area contributed by atoms with E-state index >= 15 is 0 Å². The Morgan fingerprint density at radius 2 is 2.15 bits per heavy atom. The Morgan fingerprint density at radius 1 is 1.23 bits per heavy atom. The molecule has 1 unspecified atom stereocenters. The second-order valence-electron chi connectivity index (χ2n) is 6.97. The number of nitrogens with zero attached hydrogens (tertiary/aromatic N) is 1. The Bertz CT molecular complexity index is 816. The van der Waals surface area contributed by atoms with Crippen LogP contribution >= 0.6 is 0 Å². The van der Waals surface area contributed by atoms with Crippen molar-refractivity contribution in [2.75, 3.05) is 38.3 Å². The summed E-state index contributed by atoms with van der Waals surface area (Å²) < 4.78 is 5.37. The van der Waals surface area contributed by atoms with Crippen molar-refractivity contribution in [3.8, 4) is 16.9 Å². The molecular formula is C22H26N2O2. The third-order valence-electron chi connectivity index (χ3n) is 5.45. The van der Waals surface area contributed by atoms with Gasteiger partial charge in [0.05, 0.1) is 13.7 Å². The first-order valence-corrected chi connectivity index (χ1v) is 9.36. The molecule has 0 aliphatic carbocycles. The molecule has 1 saturated heterocycles. The molecule has 26 heavy (non-hydrogen) atoms. The third-order valence-corrected chi connectivity index (χ3v) is 5.45. The molecule has 0 radical (unpaired) electrons. The maximum Gasteiger partial charge on any atom is 0.119 e. The van der Waals surface area contributed by atoms with Crippen LogP contribution in [0.4, 0.5) is 5.69 Å². The van der Waals surface area contributed by atoms with Crippen molar-refractivity contribution in [3.05, 3.63) is 53.6 Å². The van der Waals surface area contributed by atoms with Crippen LogP contribution in [0.15, 0.2) is 42.5 Å². The Morgan fingerprint density at radius 3 is 3.00 bits per heavy atom. The maximum atomic E-state index is 9.17. The summed E-state index contributed by atoms with van der Waals surface area (Å²) in [4.78, 5) is 2.57. The zero-order chi connectivity index (χ0) is 17.9. The molecule has 1 atom stereocenters. The van der Waals surface area contributed by atoms with Gasteiger partial charge in [0, 0.05) is 24.8 Å². The molecule has 0 aromatic heterocycles. The first kappa shape index (κ1) is 17.1. The van der Waals surface area contributed by atoms with Crippen LogP contribution in [-0.4, -0.2) is 44.5 Å². The molecule has 2 N–H and O–H groups in total. The fraction of sp³-hybridized carbons (Fsp3) is 0.364. The zero-order valence-corrected chi connectivity index (χ0v) is 15.2. The number of rotatable bonds is 4. The molecule has 4 heteroatoms. The number of hydrogen-bond donors (Lipinski definition) is 2. The molecular weight excluding hydrogens is 324 g/mol. The average Bonchev–Trinajstić information content (AvgIpc) is 2.85. The normalized spacial score (nSPS) is 19.3. The number of aliphatic hydroxyl groups is 1. The molecule has 0 spiro atoms. The summed E-state index contributed by atoms with van der Waals surface area (Å²) in [7, 11) is 1.68. The molecule has 136 valence electrons. The molecule has 2 aromatic rings. The number of methoxy groups -OCH3 is 1. The van der Waals surface area contributed by atoms with E-state index in [9.17, 15) is 0 Å². The van der Waals surface area contributed by atoms with Crippen molar-refractivity contribution in [2.45, 2.75) is 18.9 Å². The minimum Gasteiger partial charge on any atom is -0.497 e. The van der Waals surface area contributed by atoms with Crippen molar-refractivity contribution < 1.29 is 9.84 Å². The predicted molar refractivity (Wildman–Crippen MR) is 107 cm³/mol. The van der Waals surface area contributed by atoms with Crippen molar-refractivity contribution in [1.29, 1.82) is 0 Å². The van der Waals surface area contributed by atoms with E-state index in [1.165, 1.54) is 23.2 Å². The highest BCUT2D eigenvalue weighted by atomic mass is 16.5. The van der Waals surface area contributed by atoms with Gasteiger partial charge in [-0.25, -0.2) is 0 Å². The van der Waals surface area contributed by atoms with E-state index in [-0.39, 0.29) is 6.61 Å². The lowest BCUT2D eigenvalue weighted by atomic mass is 9.97. The second kappa shape index (κ2) is 7.52. The quantitative estimate of drug-likeness (QED) is 0.889. The minimum atomic E-state index is 0.0310. The third kappa shape index (κ3) is 3.22. The van der Waals surface area contributed by atoms with E-state index in [4.69, 9.17) is 9.84 Å². The highest BCUT2D eigenvalue weighted by Gasteiger charge is 2.30. The van der Waals surface area contributed by atoms with Gasteiger partial charge in [0.2, 0.25) is 0 Å². The van der Waals surface area contributed by atoms with Gasteiger partial charge in [-0.15, -0.1) is 0 Å². The molecule has 0 amide bonds. The Hall–Kier alpha value is -2.30.